The van der Waals surface area contributed by atoms with E-state index < -0.39 is 53.5 Å². The Morgan fingerprint density at radius 2 is 1.86 bits per heavy atom. The molecule has 22 heavy (non-hydrogen) atoms. The van der Waals surface area contributed by atoms with E-state index in [2.05, 4.69) is 14.5 Å². The van der Waals surface area contributed by atoms with Crippen LogP contribution in [0.3, 0.4) is 0 Å². The number of rotatable bonds is 4. The van der Waals surface area contributed by atoms with Crippen LogP contribution in [0.25, 0.3) is 0 Å². The number of esters is 1. The minimum atomic E-state index is -5.19. The molecule has 0 amide bonds. The highest BCUT2D eigenvalue weighted by molar-refractivity contribution is 6.17. The van der Waals surface area contributed by atoms with Gasteiger partial charge in [-0.1, -0.05) is 0 Å². The molecule has 1 aromatic heterocycles. The summed E-state index contributed by atoms with van der Waals surface area (Å²) in [5.74, 6) is -2.86. The number of aromatic nitrogens is 1. The van der Waals surface area contributed by atoms with Crippen LogP contribution in [0.2, 0.25) is 0 Å². The van der Waals surface area contributed by atoms with E-state index in [1.54, 1.807) is 0 Å². The van der Waals surface area contributed by atoms with E-state index in [0.717, 1.165) is 7.11 Å². The van der Waals surface area contributed by atoms with Gasteiger partial charge in [0.05, 0.1) is 25.1 Å². The molecule has 0 aromatic carbocycles. The standard InChI is InChI=1S/C11H8ClF6NO3/c1-21-8(20)3-5-2-7(10(13,14)15)19-6(4-12)9(5)22-11(16,17)18/h2H,3-4H2,1H3. The molecule has 0 radical (unpaired) electrons. The summed E-state index contributed by atoms with van der Waals surface area (Å²) in [6, 6.07) is 0.286. The predicted octanol–water partition coefficient (Wildman–Crippen LogP) is 3.45. The first-order chi connectivity index (χ1) is 9.97. The van der Waals surface area contributed by atoms with Gasteiger partial charge in [-0.05, 0) is 6.07 Å². The van der Waals surface area contributed by atoms with Gasteiger partial charge in [-0.3, -0.25) is 4.79 Å². The number of carbonyl (C=O) groups excluding carboxylic acids is 1. The largest absolute Gasteiger partial charge is 0.573 e. The van der Waals surface area contributed by atoms with Crippen molar-refractivity contribution in [1.82, 2.24) is 4.98 Å². The molecule has 0 unspecified atom stereocenters. The van der Waals surface area contributed by atoms with Crippen molar-refractivity contribution in [3.8, 4) is 5.75 Å². The van der Waals surface area contributed by atoms with Crippen LogP contribution in [-0.2, 0) is 28.0 Å². The molecule has 0 N–H and O–H groups in total. The van der Waals surface area contributed by atoms with Crippen LogP contribution in [0.5, 0.6) is 5.75 Å². The first-order valence-corrected chi connectivity index (χ1v) is 6.00. The number of methoxy groups -OCH3 is 1. The molecule has 0 aliphatic carbocycles. The summed E-state index contributed by atoms with van der Waals surface area (Å²) in [7, 11) is 0.931. The maximum absolute atomic E-state index is 12.7. The van der Waals surface area contributed by atoms with Crippen molar-refractivity contribution in [2.45, 2.75) is 24.8 Å². The second kappa shape index (κ2) is 6.59. The van der Waals surface area contributed by atoms with Crippen molar-refractivity contribution in [2.75, 3.05) is 7.11 Å². The molecule has 1 heterocycles. The van der Waals surface area contributed by atoms with E-state index in [1.165, 1.54) is 0 Å². The second-order valence-electron chi connectivity index (χ2n) is 3.87. The normalized spacial score (nSPS) is 12.2. The van der Waals surface area contributed by atoms with Crippen molar-refractivity contribution >= 4 is 17.6 Å². The van der Waals surface area contributed by atoms with E-state index in [9.17, 15) is 31.1 Å². The smallest absolute Gasteiger partial charge is 0.469 e. The Hall–Kier alpha value is -1.71. The van der Waals surface area contributed by atoms with Crippen LogP contribution < -0.4 is 4.74 Å². The lowest BCUT2D eigenvalue weighted by Crippen LogP contribution is -2.22. The molecule has 0 saturated heterocycles. The van der Waals surface area contributed by atoms with Gasteiger partial charge >= 0.3 is 18.5 Å². The van der Waals surface area contributed by atoms with E-state index in [1.807, 2.05) is 0 Å². The van der Waals surface area contributed by atoms with Crippen LogP contribution in [0.1, 0.15) is 17.0 Å². The Balaban J connectivity index is 3.46. The first-order valence-electron chi connectivity index (χ1n) is 5.46. The SMILES string of the molecule is COC(=O)Cc1cc(C(F)(F)F)nc(CCl)c1OC(F)(F)F. The van der Waals surface area contributed by atoms with Gasteiger partial charge in [0.1, 0.15) is 5.69 Å². The maximum Gasteiger partial charge on any atom is 0.573 e. The topological polar surface area (TPSA) is 48.4 Å². The Bertz CT molecular complexity index is 558. The number of carbonyl (C=O) groups is 1. The number of ether oxygens (including phenoxy) is 2. The Morgan fingerprint density at radius 1 is 1.27 bits per heavy atom. The summed E-state index contributed by atoms with van der Waals surface area (Å²) in [4.78, 5) is 14.2. The van der Waals surface area contributed by atoms with E-state index >= 15 is 0 Å². The Kier molecular flexibility index (Phi) is 5.49. The summed E-state index contributed by atoms with van der Waals surface area (Å²) in [6.45, 7) is 0. The summed E-state index contributed by atoms with van der Waals surface area (Å²) in [5.41, 5.74) is -2.95. The number of alkyl halides is 7. The fraction of sp³-hybridized carbons (Fsp3) is 0.455. The first kappa shape index (κ1) is 18.3. The van der Waals surface area contributed by atoms with Gasteiger partial charge in [-0.15, -0.1) is 24.8 Å². The predicted molar refractivity (Wildman–Crippen MR) is 61.2 cm³/mol. The number of nitrogens with zero attached hydrogens (tertiary/aromatic N) is 1. The average Bonchev–Trinajstić information content (AvgIpc) is 2.37. The van der Waals surface area contributed by atoms with Gasteiger partial charge in [0.2, 0.25) is 0 Å². The van der Waals surface area contributed by atoms with Crippen LogP contribution >= 0.6 is 11.6 Å². The van der Waals surface area contributed by atoms with Crippen molar-refractivity contribution < 1.29 is 40.6 Å². The number of halogens is 7. The molecule has 0 aliphatic heterocycles. The van der Waals surface area contributed by atoms with E-state index in [0.29, 0.717) is 0 Å². The van der Waals surface area contributed by atoms with Gasteiger partial charge in [-0.2, -0.15) is 13.2 Å². The third-order valence-corrected chi connectivity index (χ3v) is 2.57. The molecule has 124 valence electrons. The van der Waals surface area contributed by atoms with Gasteiger partial charge < -0.3 is 9.47 Å². The van der Waals surface area contributed by atoms with Crippen LogP contribution in [0.15, 0.2) is 6.07 Å². The molecule has 1 aromatic rings. The zero-order chi connectivity index (χ0) is 17.1. The van der Waals surface area contributed by atoms with Gasteiger partial charge in [0.15, 0.2) is 5.75 Å². The van der Waals surface area contributed by atoms with Gasteiger partial charge in [0.25, 0.3) is 0 Å². The lowest BCUT2D eigenvalue weighted by molar-refractivity contribution is -0.275. The van der Waals surface area contributed by atoms with E-state index in [-0.39, 0.29) is 6.07 Å². The maximum atomic E-state index is 12.7. The lowest BCUT2D eigenvalue weighted by atomic mass is 10.1. The van der Waals surface area contributed by atoms with Crippen LogP contribution in [-0.4, -0.2) is 24.4 Å². The minimum Gasteiger partial charge on any atom is -0.469 e. The molecule has 0 atom stereocenters. The third kappa shape index (κ3) is 4.93. The summed E-state index contributed by atoms with van der Waals surface area (Å²) >= 11 is 5.33. The minimum absolute atomic E-state index is 0.286. The number of hydrogen-bond acceptors (Lipinski definition) is 4. The number of hydrogen-bond donors (Lipinski definition) is 0. The molecule has 0 bridgehead atoms. The summed E-state index contributed by atoms with van der Waals surface area (Å²) in [5, 5.41) is 0. The highest BCUT2D eigenvalue weighted by atomic mass is 35.5. The van der Waals surface area contributed by atoms with Gasteiger partial charge in [0, 0.05) is 5.56 Å². The zero-order valence-electron chi connectivity index (χ0n) is 10.8. The van der Waals surface area contributed by atoms with Crippen molar-refractivity contribution in [3.05, 3.63) is 23.0 Å². The fourth-order valence-electron chi connectivity index (χ4n) is 1.48. The van der Waals surface area contributed by atoms with Crippen LogP contribution in [0.4, 0.5) is 26.3 Å². The third-order valence-electron chi connectivity index (χ3n) is 2.32. The quantitative estimate of drug-likeness (QED) is 0.473. The van der Waals surface area contributed by atoms with Crippen molar-refractivity contribution in [2.24, 2.45) is 0 Å². The Labute approximate surface area is 125 Å². The van der Waals surface area contributed by atoms with Gasteiger partial charge in [-0.25, -0.2) is 4.98 Å². The zero-order valence-corrected chi connectivity index (χ0v) is 11.6. The fourth-order valence-corrected chi connectivity index (χ4v) is 1.66. The molecule has 0 spiro atoms. The molecule has 0 aliphatic rings. The van der Waals surface area contributed by atoms with Crippen LogP contribution in [0, 0.1) is 0 Å². The van der Waals surface area contributed by atoms with Crippen molar-refractivity contribution in [1.29, 1.82) is 0 Å². The molecule has 11 heteroatoms. The molecular formula is C11H8ClF6NO3. The van der Waals surface area contributed by atoms with E-state index in [4.69, 9.17) is 11.6 Å². The lowest BCUT2D eigenvalue weighted by Gasteiger charge is -2.17. The summed E-state index contributed by atoms with van der Waals surface area (Å²) < 4.78 is 83.0. The second-order valence-corrected chi connectivity index (χ2v) is 4.14. The molecule has 4 nitrogen and oxygen atoms in total. The summed E-state index contributed by atoms with van der Waals surface area (Å²) in [6.07, 6.45) is -11.0. The number of pyridine rings is 1. The molecule has 0 fully saturated rings. The Morgan fingerprint density at radius 3 is 2.27 bits per heavy atom. The highest BCUT2D eigenvalue weighted by Gasteiger charge is 2.38. The molecule has 0 saturated carbocycles. The highest BCUT2D eigenvalue weighted by Crippen LogP contribution is 2.36. The van der Waals surface area contributed by atoms with Crippen molar-refractivity contribution in [3.63, 3.8) is 0 Å². The molecular weight excluding hydrogens is 344 g/mol. The molecule has 1 rings (SSSR count). The monoisotopic (exact) mass is 351 g/mol. The average molecular weight is 352 g/mol.